The Morgan fingerprint density at radius 2 is 2.16 bits per heavy atom. The first-order valence-corrected chi connectivity index (χ1v) is 5.82. The predicted molar refractivity (Wildman–Crippen MR) is 68.0 cm³/mol. The molecule has 0 unspecified atom stereocenters. The number of carbonyl (C=O) groups excluding carboxylic acids is 1. The summed E-state index contributed by atoms with van der Waals surface area (Å²) >= 11 is 0. The van der Waals surface area contributed by atoms with Crippen LogP contribution >= 0.6 is 0 Å². The molecule has 96 valence electrons. The first-order chi connectivity index (χ1) is 9.17. The average molecular weight is 255 g/mol. The summed E-state index contributed by atoms with van der Waals surface area (Å²) in [6, 6.07) is 9.42. The molecule has 0 atom stereocenters. The van der Waals surface area contributed by atoms with Crippen LogP contribution in [-0.4, -0.2) is 15.9 Å². The highest BCUT2D eigenvalue weighted by Gasteiger charge is 2.03. The summed E-state index contributed by atoms with van der Waals surface area (Å²) < 4.78 is 4.88. The maximum atomic E-state index is 10.7. The number of nitriles is 1. The summed E-state index contributed by atoms with van der Waals surface area (Å²) in [7, 11) is 0. The van der Waals surface area contributed by atoms with Crippen molar-refractivity contribution in [3.05, 3.63) is 53.1 Å². The van der Waals surface area contributed by atoms with Crippen LogP contribution < -0.4 is 0 Å². The first kappa shape index (κ1) is 12.8. The van der Waals surface area contributed by atoms with Crippen molar-refractivity contribution in [2.24, 2.45) is 0 Å². The third-order valence-corrected chi connectivity index (χ3v) is 2.57. The van der Waals surface area contributed by atoms with E-state index >= 15 is 0 Å². The summed E-state index contributed by atoms with van der Waals surface area (Å²) in [4.78, 5) is 18.0. The summed E-state index contributed by atoms with van der Waals surface area (Å²) in [6.07, 6.45) is 2.30. The second kappa shape index (κ2) is 5.83. The van der Waals surface area contributed by atoms with E-state index in [2.05, 4.69) is 16.0 Å². The van der Waals surface area contributed by atoms with E-state index in [-0.39, 0.29) is 12.6 Å². The highest BCUT2D eigenvalue weighted by Crippen LogP contribution is 2.09. The number of benzene rings is 1. The van der Waals surface area contributed by atoms with E-state index in [1.807, 2.05) is 12.1 Å². The van der Waals surface area contributed by atoms with Gasteiger partial charge >= 0.3 is 5.97 Å². The van der Waals surface area contributed by atoms with Gasteiger partial charge in [-0.3, -0.25) is 4.79 Å². The van der Waals surface area contributed by atoms with Gasteiger partial charge in [-0.05, 0) is 17.7 Å². The molecule has 0 bridgehead atoms. The lowest BCUT2D eigenvalue weighted by molar-refractivity contribution is -0.142. The lowest BCUT2D eigenvalue weighted by Crippen LogP contribution is -1.99. The number of ether oxygens (including phenoxy) is 1. The highest BCUT2D eigenvalue weighted by atomic mass is 16.5. The molecule has 19 heavy (non-hydrogen) atoms. The lowest BCUT2D eigenvalue weighted by Gasteiger charge is -1.99. The monoisotopic (exact) mass is 255 g/mol. The normalized spacial score (nSPS) is 9.89. The molecule has 2 rings (SSSR count). The SMILES string of the molecule is CC(=O)OCc1cnc(Cc2ccc(C#N)cc2)[nH]1. The maximum Gasteiger partial charge on any atom is 0.303 e. The number of carbonyl (C=O) groups is 1. The minimum absolute atomic E-state index is 0.204. The highest BCUT2D eigenvalue weighted by molar-refractivity contribution is 5.65. The van der Waals surface area contributed by atoms with E-state index < -0.39 is 0 Å². The van der Waals surface area contributed by atoms with Gasteiger partial charge in [-0.15, -0.1) is 0 Å². The molecular formula is C14H13N3O2. The van der Waals surface area contributed by atoms with Gasteiger partial charge in [0.25, 0.3) is 0 Å². The van der Waals surface area contributed by atoms with Crippen molar-refractivity contribution in [3.63, 3.8) is 0 Å². The zero-order valence-electron chi connectivity index (χ0n) is 10.5. The van der Waals surface area contributed by atoms with Crippen molar-refractivity contribution in [3.8, 4) is 6.07 Å². The van der Waals surface area contributed by atoms with Crippen LogP contribution in [0, 0.1) is 11.3 Å². The van der Waals surface area contributed by atoms with Crippen molar-refractivity contribution < 1.29 is 9.53 Å². The molecule has 5 heteroatoms. The number of rotatable bonds is 4. The Labute approximate surface area is 110 Å². The number of nitrogens with one attached hydrogen (secondary N) is 1. The number of aromatic amines is 1. The number of aromatic nitrogens is 2. The molecule has 0 aliphatic carbocycles. The van der Waals surface area contributed by atoms with Crippen molar-refractivity contribution in [2.75, 3.05) is 0 Å². The van der Waals surface area contributed by atoms with E-state index in [1.54, 1.807) is 18.3 Å². The minimum atomic E-state index is -0.316. The fourth-order valence-corrected chi connectivity index (χ4v) is 1.64. The van der Waals surface area contributed by atoms with Gasteiger partial charge in [-0.2, -0.15) is 5.26 Å². The van der Waals surface area contributed by atoms with E-state index in [1.165, 1.54) is 6.92 Å². The van der Waals surface area contributed by atoms with Crippen molar-refractivity contribution in [2.45, 2.75) is 20.0 Å². The molecule has 0 saturated heterocycles. The molecule has 0 saturated carbocycles. The number of H-pyrrole nitrogens is 1. The van der Waals surface area contributed by atoms with E-state index in [0.717, 1.165) is 17.1 Å². The Balaban J connectivity index is 1.99. The summed E-state index contributed by atoms with van der Waals surface area (Å²) in [5, 5.41) is 8.72. The molecule has 0 spiro atoms. The number of nitrogens with zero attached hydrogens (tertiary/aromatic N) is 2. The van der Waals surface area contributed by atoms with Gasteiger partial charge < -0.3 is 9.72 Å². The van der Waals surface area contributed by atoms with E-state index in [9.17, 15) is 4.79 Å². The molecule has 1 heterocycles. The molecule has 0 aliphatic heterocycles. The molecule has 5 nitrogen and oxygen atoms in total. The van der Waals surface area contributed by atoms with E-state index in [4.69, 9.17) is 10.00 Å². The Morgan fingerprint density at radius 1 is 1.42 bits per heavy atom. The molecular weight excluding hydrogens is 242 g/mol. The lowest BCUT2D eigenvalue weighted by atomic mass is 10.1. The molecule has 0 fully saturated rings. The van der Waals surface area contributed by atoms with Crippen LogP contribution in [0.1, 0.15) is 29.6 Å². The van der Waals surface area contributed by atoms with Crippen LogP contribution in [0.15, 0.2) is 30.5 Å². The van der Waals surface area contributed by atoms with E-state index in [0.29, 0.717) is 12.0 Å². The van der Waals surface area contributed by atoms with Gasteiger partial charge in [-0.1, -0.05) is 12.1 Å². The molecule has 2 aromatic rings. The van der Waals surface area contributed by atoms with Gasteiger partial charge in [0.2, 0.25) is 0 Å². The van der Waals surface area contributed by atoms with Crippen molar-refractivity contribution in [1.82, 2.24) is 9.97 Å². The zero-order valence-corrected chi connectivity index (χ0v) is 10.5. The summed E-state index contributed by atoms with van der Waals surface area (Å²) in [6.45, 7) is 1.57. The standard InChI is InChI=1S/C14H13N3O2/c1-10(18)19-9-13-8-16-14(17-13)6-11-2-4-12(7-15)5-3-11/h2-5,8H,6,9H2,1H3,(H,16,17). The van der Waals surface area contributed by atoms with Crippen molar-refractivity contribution >= 4 is 5.97 Å². The quantitative estimate of drug-likeness (QED) is 0.847. The van der Waals surface area contributed by atoms with Gasteiger partial charge in [0.15, 0.2) is 0 Å². The Hall–Kier alpha value is -2.61. The molecule has 1 aromatic heterocycles. The van der Waals surface area contributed by atoms with Gasteiger partial charge in [0.1, 0.15) is 12.4 Å². The fraction of sp³-hybridized carbons (Fsp3) is 0.214. The number of hydrogen-bond donors (Lipinski definition) is 1. The fourth-order valence-electron chi connectivity index (χ4n) is 1.64. The molecule has 0 radical (unpaired) electrons. The van der Waals surface area contributed by atoms with Crippen LogP contribution in [0.5, 0.6) is 0 Å². The molecule has 0 aliphatic rings. The van der Waals surface area contributed by atoms with Crippen LogP contribution in [0.3, 0.4) is 0 Å². The van der Waals surface area contributed by atoms with Crippen LogP contribution in [0.4, 0.5) is 0 Å². The third kappa shape index (κ3) is 3.68. The zero-order chi connectivity index (χ0) is 13.7. The Morgan fingerprint density at radius 3 is 2.79 bits per heavy atom. The Kier molecular flexibility index (Phi) is 3.94. The summed E-state index contributed by atoms with van der Waals surface area (Å²) in [5.41, 5.74) is 2.46. The summed E-state index contributed by atoms with van der Waals surface area (Å²) in [5.74, 6) is 0.482. The molecule has 0 amide bonds. The molecule has 1 N–H and O–H groups in total. The largest absolute Gasteiger partial charge is 0.459 e. The Bertz CT molecular complexity index is 608. The van der Waals surface area contributed by atoms with Gasteiger partial charge in [0, 0.05) is 13.3 Å². The average Bonchev–Trinajstić information content (AvgIpc) is 2.85. The second-order valence-corrected chi connectivity index (χ2v) is 4.12. The predicted octanol–water partition coefficient (Wildman–Crippen LogP) is 1.94. The third-order valence-electron chi connectivity index (χ3n) is 2.57. The smallest absolute Gasteiger partial charge is 0.303 e. The van der Waals surface area contributed by atoms with Crippen molar-refractivity contribution in [1.29, 1.82) is 5.26 Å². The van der Waals surface area contributed by atoms with Gasteiger partial charge in [0.05, 0.1) is 23.5 Å². The minimum Gasteiger partial charge on any atom is -0.459 e. The maximum absolute atomic E-state index is 10.7. The van der Waals surface area contributed by atoms with Crippen LogP contribution in [0.25, 0.3) is 0 Å². The molecule has 1 aromatic carbocycles. The number of esters is 1. The van der Waals surface area contributed by atoms with Crippen LogP contribution in [-0.2, 0) is 22.6 Å². The first-order valence-electron chi connectivity index (χ1n) is 5.82. The number of imidazole rings is 1. The number of hydrogen-bond acceptors (Lipinski definition) is 4. The topological polar surface area (TPSA) is 78.8 Å². The van der Waals surface area contributed by atoms with Gasteiger partial charge in [-0.25, -0.2) is 4.98 Å². The second-order valence-electron chi connectivity index (χ2n) is 4.12. The van der Waals surface area contributed by atoms with Crippen LogP contribution in [0.2, 0.25) is 0 Å².